The summed E-state index contributed by atoms with van der Waals surface area (Å²) in [5.74, 6) is 1.88. The van der Waals surface area contributed by atoms with Crippen molar-refractivity contribution in [2.45, 2.75) is 33.1 Å². The summed E-state index contributed by atoms with van der Waals surface area (Å²) in [6.45, 7) is 6.00. The predicted octanol–water partition coefficient (Wildman–Crippen LogP) is 1.89. The van der Waals surface area contributed by atoms with E-state index < -0.39 is 0 Å². The molecule has 0 spiro atoms. The van der Waals surface area contributed by atoms with Crippen LogP contribution in [0, 0.1) is 6.92 Å². The standard InChI is InChI=1S/C7H12N2O/c1-4-5(2)7-8-6(3)10-9-7/h5H,4H2,1-3H3/t5-/m1/s1. The summed E-state index contributed by atoms with van der Waals surface area (Å²) >= 11 is 0. The highest BCUT2D eigenvalue weighted by Gasteiger charge is 2.08. The van der Waals surface area contributed by atoms with Crippen LogP contribution in [0.3, 0.4) is 0 Å². The molecule has 0 saturated carbocycles. The summed E-state index contributed by atoms with van der Waals surface area (Å²) < 4.78 is 4.83. The van der Waals surface area contributed by atoms with Crippen LogP contribution in [0.25, 0.3) is 0 Å². The van der Waals surface area contributed by atoms with Crippen LogP contribution in [-0.2, 0) is 0 Å². The second kappa shape index (κ2) is 2.82. The van der Waals surface area contributed by atoms with Gasteiger partial charge < -0.3 is 4.52 Å². The first kappa shape index (κ1) is 7.25. The van der Waals surface area contributed by atoms with Gasteiger partial charge in [0.1, 0.15) is 0 Å². The zero-order chi connectivity index (χ0) is 7.56. The zero-order valence-corrected chi connectivity index (χ0v) is 6.59. The van der Waals surface area contributed by atoms with Crippen molar-refractivity contribution >= 4 is 0 Å². The predicted molar refractivity (Wildman–Crippen MR) is 37.7 cm³/mol. The van der Waals surface area contributed by atoms with E-state index in [1.165, 1.54) is 0 Å². The molecule has 0 fully saturated rings. The van der Waals surface area contributed by atoms with Crippen LogP contribution in [0.2, 0.25) is 0 Å². The van der Waals surface area contributed by atoms with Crippen LogP contribution in [0.4, 0.5) is 0 Å². The second-order valence-electron chi connectivity index (χ2n) is 2.48. The Morgan fingerprint density at radius 1 is 1.60 bits per heavy atom. The fourth-order valence-electron chi connectivity index (χ4n) is 0.698. The topological polar surface area (TPSA) is 38.9 Å². The van der Waals surface area contributed by atoms with Crippen molar-refractivity contribution in [3.63, 3.8) is 0 Å². The highest BCUT2D eigenvalue weighted by Crippen LogP contribution is 2.13. The van der Waals surface area contributed by atoms with Crippen LogP contribution in [0.5, 0.6) is 0 Å². The van der Waals surface area contributed by atoms with E-state index in [2.05, 4.69) is 24.0 Å². The third-order valence-electron chi connectivity index (χ3n) is 1.60. The van der Waals surface area contributed by atoms with Crippen LogP contribution >= 0.6 is 0 Å². The van der Waals surface area contributed by atoms with Crippen LogP contribution < -0.4 is 0 Å². The molecule has 0 aliphatic heterocycles. The van der Waals surface area contributed by atoms with Crippen molar-refractivity contribution < 1.29 is 4.52 Å². The normalized spacial score (nSPS) is 13.5. The van der Waals surface area contributed by atoms with Crippen LogP contribution in [0.15, 0.2) is 4.52 Å². The van der Waals surface area contributed by atoms with E-state index in [0.717, 1.165) is 12.2 Å². The summed E-state index contributed by atoms with van der Waals surface area (Å²) in [7, 11) is 0. The first-order valence-electron chi connectivity index (χ1n) is 3.54. The van der Waals surface area contributed by atoms with Crippen molar-refractivity contribution in [3.05, 3.63) is 11.7 Å². The molecule has 10 heavy (non-hydrogen) atoms. The molecule has 0 N–H and O–H groups in total. The first-order chi connectivity index (χ1) is 4.74. The van der Waals surface area contributed by atoms with Gasteiger partial charge in [-0.05, 0) is 6.42 Å². The molecule has 0 saturated heterocycles. The Labute approximate surface area is 60.4 Å². The third kappa shape index (κ3) is 1.35. The quantitative estimate of drug-likeness (QED) is 0.629. The van der Waals surface area contributed by atoms with Crippen LogP contribution in [-0.4, -0.2) is 10.1 Å². The Hall–Kier alpha value is -0.860. The SMILES string of the molecule is CC[C@@H](C)c1noc(C)n1. The van der Waals surface area contributed by atoms with Crippen LogP contribution in [0.1, 0.15) is 37.9 Å². The third-order valence-corrected chi connectivity index (χ3v) is 1.60. The number of rotatable bonds is 2. The molecule has 0 aliphatic rings. The van der Waals surface area contributed by atoms with E-state index in [1.54, 1.807) is 6.92 Å². The summed E-state index contributed by atoms with van der Waals surface area (Å²) in [6, 6.07) is 0. The molecular weight excluding hydrogens is 128 g/mol. The molecule has 1 aromatic rings. The molecule has 1 heterocycles. The molecule has 0 aromatic carbocycles. The van der Waals surface area contributed by atoms with E-state index in [0.29, 0.717) is 11.8 Å². The molecule has 0 bridgehead atoms. The number of aromatic nitrogens is 2. The van der Waals surface area contributed by atoms with Crippen molar-refractivity contribution in [1.29, 1.82) is 0 Å². The summed E-state index contributed by atoms with van der Waals surface area (Å²) in [6.07, 6.45) is 1.05. The molecule has 0 aliphatic carbocycles. The fraction of sp³-hybridized carbons (Fsp3) is 0.714. The second-order valence-corrected chi connectivity index (χ2v) is 2.48. The highest BCUT2D eigenvalue weighted by atomic mass is 16.5. The number of aryl methyl sites for hydroxylation is 1. The first-order valence-corrected chi connectivity index (χ1v) is 3.54. The van der Waals surface area contributed by atoms with Gasteiger partial charge in [0.05, 0.1) is 0 Å². The van der Waals surface area contributed by atoms with Gasteiger partial charge in [0.2, 0.25) is 5.89 Å². The van der Waals surface area contributed by atoms with Gasteiger partial charge in [0.15, 0.2) is 5.82 Å². The van der Waals surface area contributed by atoms with Crippen molar-refractivity contribution in [2.24, 2.45) is 0 Å². The summed E-state index contributed by atoms with van der Waals surface area (Å²) in [4.78, 5) is 4.10. The Kier molecular flexibility index (Phi) is 2.04. The van der Waals surface area contributed by atoms with Gasteiger partial charge in [-0.25, -0.2) is 0 Å². The lowest BCUT2D eigenvalue weighted by Gasteiger charge is -1.98. The van der Waals surface area contributed by atoms with Gasteiger partial charge in [0, 0.05) is 12.8 Å². The van der Waals surface area contributed by atoms with Gasteiger partial charge >= 0.3 is 0 Å². The van der Waals surface area contributed by atoms with Crippen molar-refractivity contribution in [2.75, 3.05) is 0 Å². The Balaban J connectivity index is 2.74. The van der Waals surface area contributed by atoms with Crippen molar-refractivity contribution in [1.82, 2.24) is 10.1 Å². The lowest BCUT2D eigenvalue weighted by atomic mass is 10.1. The van der Waals surface area contributed by atoms with E-state index >= 15 is 0 Å². The molecule has 56 valence electrons. The van der Waals surface area contributed by atoms with E-state index in [4.69, 9.17) is 4.52 Å². The largest absolute Gasteiger partial charge is 0.340 e. The highest BCUT2D eigenvalue weighted by molar-refractivity contribution is 4.91. The van der Waals surface area contributed by atoms with Gasteiger partial charge in [0.25, 0.3) is 0 Å². The Morgan fingerprint density at radius 2 is 2.30 bits per heavy atom. The molecule has 3 heteroatoms. The lowest BCUT2D eigenvalue weighted by Crippen LogP contribution is -1.93. The van der Waals surface area contributed by atoms with Crippen molar-refractivity contribution in [3.8, 4) is 0 Å². The monoisotopic (exact) mass is 140 g/mol. The molecule has 0 radical (unpaired) electrons. The van der Waals surface area contributed by atoms with E-state index in [-0.39, 0.29) is 0 Å². The maximum absolute atomic E-state index is 4.83. The van der Waals surface area contributed by atoms with Gasteiger partial charge in [-0.15, -0.1) is 0 Å². The maximum Gasteiger partial charge on any atom is 0.223 e. The number of hydrogen-bond acceptors (Lipinski definition) is 3. The van der Waals surface area contributed by atoms with E-state index in [9.17, 15) is 0 Å². The fourth-order valence-corrected chi connectivity index (χ4v) is 0.698. The molecule has 3 nitrogen and oxygen atoms in total. The van der Waals surface area contributed by atoms with Gasteiger partial charge in [-0.3, -0.25) is 0 Å². The summed E-state index contributed by atoms with van der Waals surface area (Å²) in [5, 5.41) is 3.80. The molecule has 1 aromatic heterocycles. The minimum atomic E-state index is 0.414. The molecule has 0 unspecified atom stereocenters. The smallest absolute Gasteiger partial charge is 0.223 e. The average Bonchev–Trinajstić information content (AvgIpc) is 2.34. The Bertz CT molecular complexity index is 207. The lowest BCUT2D eigenvalue weighted by molar-refractivity contribution is 0.383. The summed E-state index contributed by atoms with van der Waals surface area (Å²) in [5.41, 5.74) is 0. The molecule has 1 atom stereocenters. The average molecular weight is 140 g/mol. The van der Waals surface area contributed by atoms with Gasteiger partial charge in [-0.1, -0.05) is 19.0 Å². The number of hydrogen-bond donors (Lipinski definition) is 0. The Morgan fingerprint density at radius 3 is 2.70 bits per heavy atom. The minimum absolute atomic E-state index is 0.414. The maximum atomic E-state index is 4.83. The molecular formula is C7H12N2O. The number of nitrogens with zero attached hydrogens (tertiary/aromatic N) is 2. The molecule has 1 rings (SSSR count). The van der Waals surface area contributed by atoms with Gasteiger partial charge in [-0.2, -0.15) is 4.98 Å². The van der Waals surface area contributed by atoms with E-state index in [1.807, 2.05) is 0 Å². The molecule has 0 amide bonds. The minimum Gasteiger partial charge on any atom is -0.340 e. The zero-order valence-electron chi connectivity index (χ0n) is 6.59.